The Morgan fingerprint density at radius 2 is 2.00 bits per heavy atom. The molecule has 4 rings (SSSR count). The molecule has 2 unspecified atom stereocenters. The number of carbonyl (C=O) groups excluding carboxylic acids is 1. The topological polar surface area (TPSA) is 66.4 Å². The highest BCUT2D eigenvalue weighted by atomic mass is 16.4. The molecule has 0 bridgehead atoms. The van der Waals surface area contributed by atoms with Gasteiger partial charge >= 0.3 is 5.97 Å². The Bertz CT molecular complexity index is 626. The zero-order chi connectivity index (χ0) is 17.3. The van der Waals surface area contributed by atoms with Crippen LogP contribution < -0.4 is 5.32 Å². The van der Waals surface area contributed by atoms with Crippen LogP contribution in [0.4, 0.5) is 0 Å². The Labute approximate surface area is 144 Å². The fourth-order valence-electron chi connectivity index (χ4n) is 6.94. The van der Waals surface area contributed by atoms with Gasteiger partial charge in [-0.15, -0.1) is 0 Å². The van der Waals surface area contributed by atoms with Crippen LogP contribution in [0.15, 0.2) is 11.6 Å². The standard InChI is InChI=1S/C20H29NO3/c1-11-9-15-20(3,10-12(18(23)24)17(22)21-15)14-6-8-19(2)7-4-5-13(19)16(11)14/h10-11,13-16H,4-9H2,1-3H3,(H,21,22)(H,23,24)/t11?,13-,14+,15?,16-,19-,20+/m0/s1. The molecule has 24 heavy (non-hydrogen) atoms. The van der Waals surface area contributed by atoms with Gasteiger partial charge in [0.2, 0.25) is 0 Å². The Morgan fingerprint density at radius 3 is 2.71 bits per heavy atom. The van der Waals surface area contributed by atoms with Crippen LogP contribution in [-0.4, -0.2) is 23.0 Å². The molecule has 4 aliphatic rings. The Balaban J connectivity index is 1.76. The third-order valence-electron chi connectivity index (χ3n) is 8.16. The number of rotatable bonds is 1. The quantitative estimate of drug-likeness (QED) is 0.724. The molecule has 7 atom stereocenters. The van der Waals surface area contributed by atoms with E-state index >= 15 is 0 Å². The van der Waals surface area contributed by atoms with Crippen molar-refractivity contribution in [3.05, 3.63) is 11.6 Å². The van der Waals surface area contributed by atoms with Crippen molar-refractivity contribution in [2.75, 3.05) is 0 Å². The largest absolute Gasteiger partial charge is 0.478 e. The highest BCUT2D eigenvalue weighted by molar-refractivity contribution is 6.16. The summed E-state index contributed by atoms with van der Waals surface area (Å²) in [6, 6.07) is 0.0788. The van der Waals surface area contributed by atoms with Gasteiger partial charge in [-0.1, -0.05) is 33.3 Å². The molecule has 0 radical (unpaired) electrons. The molecule has 0 aromatic heterocycles. The van der Waals surface area contributed by atoms with Crippen molar-refractivity contribution in [3.8, 4) is 0 Å². The summed E-state index contributed by atoms with van der Waals surface area (Å²) in [6.45, 7) is 7.02. The van der Waals surface area contributed by atoms with Crippen molar-refractivity contribution in [2.24, 2.45) is 34.5 Å². The first kappa shape index (κ1) is 16.2. The van der Waals surface area contributed by atoms with Crippen LogP contribution in [0.3, 0.4) is 0 Å². The summed E-state index contributed by atoms with van der Waals surface area (Å²) in [5.41, 5.74) is 0.209. The molecule has 1 heterocycles. The average Bonchev–Trinajstić information content (AvgIpc) is 2.90. The summed E-state index contributed by atoms with van der Waals surface area (Å²) >= 11 is 0. The number of aliphatic carboxylic acids is 1. The second-order valence-corrected chi connectivity index (χ2v) is 9.34. The molecule has 0 spiro atoms. The lowest BCUT2D eigenvalue weighted by Gasteiger charge is -2.60. The summed E-state index contributed by atoms with van der Waals surface area (Å²) in [5.74, 6) is 1.01. The van der Waals surface area contributed by atoms with Crippen molar-refractivity contribution in [1.82, 2.24) is 5.32 Å². The summed E-state index contributed by atoms with van der Waals surface area (Å²) < 4.78 is 0. The second kappa shape index (κ2) is 5.09. The van der Waals surface area contributed by atoms with Crippen LogP contribution in [0.1, 0.15) is 59.3 Å². The molecule has 3 aliphatic carbocycles. The molecule has 4 nitrogen and oxygen atoms in total. The fraction of sp³-hybridized carbons (Fsp3) is 0.800. The molecule has 0 aromatic carbocycles. The van der Waals surface area contributed by atoms with Crippen LogP contribution in [0.25, 0.3) is 0 Å². The van der Waals surface area contributed by atoms with Crippen LogP contribution in [0.5, 0.6) is 0 Å². The number of carboxylic acids is 1. The van der Waals surface area contributed by atoms with Crippen molar-refractivity contribution in [2.45, 2.75) is 65.3 Å². The van der Waals surface area contributed by atoms with Crippen molar-refractivity contribution < 1.29 is 14.7 Å². The predicted molar refractivity (Wildman–Crippen MR) is 91.2 cm³/mol. The van der Waals surface area contributed by atoms with Crippen molar-refractivity contribution in [3.63, 3.8) is 0 Å². The minimum Gasteiger partial charge on any atom is -0.478 e. The van der Waals surface area contributed by atoms with Gasteiger partial charge in [0.05, 0.1) is 0 Å². The maximum absolute atomic E-state index is 12.2. The average molecular weight is 331 g/mol. The minimum absolute atomic E-state index is 0.0539. The number of carbonyl (C=O) groups is 2. The lowest BCUT2D eigenvalue weighted by Crippen LogP contribution is -2.62. The lowest BCUT2D eigenvalue weighted by atomic mass is 9.46. The van der Waals surface area contributed by atoms with Gasteiger partial charge in [-0.25, -0.2) is 4.79 Å². The zero-order valence-corrected chi connectivity index (χ0v) is 15.0. The van der Waals surface area contributed by atoms with E-state index in [1.54, 1.807) is 0 Å². The highest BCUT2D eigenvalue weighted by Gasteiger charge is 2.60. The highest BCUT2D eigenvalue weighted by Crippen LogP contribution is 2.64. The minimum atomic E-state index is -1.09. The van der Waals surface area contributed by atoms with Gasteiger partial charge in [0, 0.05) is 11.5 Å². The lowest BCUT2D eigenvalue weighted by molar-refractivity contribution is -0.138. The normalized spacial score (nSPS) is 50.2. The van der Waals surface area contributed by atoms with Crippen molar-refractivity contribution in [1.29, 1.82) is 0 Å². The molecule has 0 saturated heterocycles. The SMILES string of the molecule is CC1CC2NC(=O)C(C(=O)O)=C[C@]2(C)[C@@H]2CC[C@]3(C)CCC[C@H]3[C@H]12. The molecular formula is C20H29NO3. The fourth-order valence-corrected chi connectivity index (χ4v) is 6.94. The molecule has 1 amide bonds. The van der Waals surface area contributed by atoms with E-state index in [1.807, 2.05) is 6.08 Å². The molecule has 132 valence electrons. The number of carboxylic acid groups (broad SMARTS) is 1. The molecule has 3 saturated carbocycles. The first-order valence-electron chi connectivity index (χ1n) is 9.53. The van der Waals surface area contributed by atoms with E-state index in [0.29, 0.717) is 23.2 Å². The van der Waals surface area contributed by atoms with Gasteiger partial charge in [-0.05, 0) is 61.2 Å². The van der Waals surface area contributed by atoms with E-state index in [1.165, 1.54) is 25.7 Å². The van der Waals surface area contributed by atoms with Crippen molar-refractivity contribution >= 4 is 11.9 Å². The number of nitrogens with one attached hydrogen (secondary N) is 1. The van der Waals surface area contributed by atoms with E-state index < -0.39 is 11.9 Å². The van der Waals surface area contributed by atoms with Gasteiger partial charge in [0.25, 0.3) is 5.91 Å². The molecular weight excluding hydrogens is 302 g/mol. The Morgan fingerprint density at radius 1 is 1.25 bits per heavy atom. The third kappa shape index (κ3) is 2.04. The van der Waals surface area contributed by atoms with Gasteiger partial charge < -0.3 is 10.4 Å². The monoisotopic (exact) mass is 331 g/mol. The number of hydrogen-bond acceptors (Lipinski definition) is 2. The molecule has 2 N–H and O–H groups in total. The Kier molecular flexibility index (Phi) is 3.43. The molecule has 3 fully saturated rings. The summed E-state index contributed by atoms with van der Waals surface area (Å²) in [4.78, 5) is 23.7. The second-order valence-electron chi connectivity index (χ2n) is 9.34. The van der Waals surface area contributed by atoms with Crippen LogP contribution in [0.2, 0.25) is 0 Å². The summed E-state index contributed by atoms with van der Waals surface area (Å²) in [7, 11) is 0. The van der Waals surface area contributed by atoms with Gasteiger partial charge in [0.1, 0.15) is 5.57 Å². The number of hydrogen-bond donors (Lipinski definition) is 2. The number of fused-ring (bicyclic) bond motifs is 5. The summed E-state index contributed by atoms with van der Waals surface area (Å²) in [6.07, 6.45) is 9.21. The molecule has 0 aromatic rings. The number of amides is 1. The maximum atomic E-state index is 12.2. The predicted octanol–water partition coefficient (Wildman–Crippen LogP) is 3.37. The molecule has 1 aliphatic heterocycles. The van der Waals surface area contributed by atoms with Crippen LogP contribution in [0, 0.1) is 34.5 Å². The van der Waals surface area contributed by atoms with Crippen LogP contribution >= 0.6 is 0 Å². The van der Waals surface area contributed by atoms with E-state index in [0.717, 1.165) is 18.8 Å². The maximum Gasteiger partial charge on any atom is 0.341 e. The van der Waals surface area contributed by atoms with E-state index in [2.05, 4.69) is 26.1 Å². The van der Waals surface area contributed by atoms with E-state index in [9.17, 15) is 14.7 Å². The smallest absolute Gasteiger partial charge is 0.341 e. The van der Waals surface area contributed by atoms with Gasteiger partial charge in [-0.3, -0.25) is 4.79 Å². The zero-order valence-electron chi connectivity index (χ0n) is 15.0. The first-order chi connectivity index (χ1) is 11.3. The third-order valence-corrected chi connectivity index (χ3v) is 8.16. The van der Waals surface area contributed by atoms with Gasteiger partial charge in [-0.2, -0.15) is 0 Å². The molecule has 4 heteroatoms. The van der Waals surface area contributed by atoms with Gasteiger partial charge in [0.15, 0.2) is 0 Å². The van der Waals surface area contributed by atoms with E-state index in [4.69, 9.17) is 0 Å². The Hall–Kier alpha value is -1.32. The van der Waals surface area contributed by atoms with Crippen LogP contribution in [-0.2, 0) is 9.59 Å². The summed E-state index contributed by atoms with van der Waals surface area (Å²) in [5, 5.41) is 12.5. The van der Waals surface area contributed by atoms with E-state index in [-0.39, 0.29) is 17.0 Å². The first-order valence-corrected chi connectivity index (χ1v) is 9.53.